The maximum Gasteiger partial charge on any atom is 0.0797 e. The Kier molecular flexibility index (Phi) is 4.61. The van der Waals surface area contributed by atoms with E-state index in [1.54, 1.807) is 6.08 Å². The molecule has 0 saturated heterocycles. The molecule has 5 atom stereocenters. The third-order valence-electron chi connectivity index (χ3n) is 7.00. The smallest absolute Gasteiger partial charge is 0.0797 e. The van der Waals surface area contributed by atoms with Gasteiger partial charge in [-0.3, -0.25) is 0 Å². The van der Waals surface area contributed by atoms with Crippen molar-refractivity contribution < 1.29 is 10.2 Å². The van der Waals surface area contributed by atoms with Crippen LogP contribution < -0.4 is 0 Å². The number of aliphatic hydroxyl groups is 2. The Morgan fingerprint density at radius 1 is 1.18 bits per heavy atom. The van der Waals surface area contributed by atoms with Gasteiger partial charge < -0.3 is 10.2 Å². The van der Waals surface area contributed by atoms with Crippen LogP contribution in [-0.4, -0.2) is 21.4 Å². The lowest BCUT2D eigenvalue weighted by molar-refractivity contribution is -0.156. The third-order valence-corrected chi connectivity index (χ3v) is 7.00. The number of fused-ring (bicyclic) bond motifs is 1. The van der Waals surface area contributed by atoms with Crippen LogP contribution in [0.15, 0.2) is 12.7 Å². The lowest BCUT2D eigenvalue weighted by Gasteiger charge is -2.59. The zero-order chi connectivity index (χ0) is 16.8. The van der Waals surface area contributed by atoms with Crippen LogP contribution in [0.4, 0.5) is 0 Å². The molecular formula is C20H36O2. The zero-order valence-electron chi connectivity index (χ0n) is 15.3. The van der Waals surface area contributed by atoms with E-state index < -0.39 is 11.2 Å². The average molecular weight is 309 g/mol. The monoisotopic (exact) mass is 308 g/mol. The molecule has 0 aromatic carbocycles. The molecule has 2 rings (SSSR count). The molecule has 128 valence electrons. The molecule has 22 heavy (non-hydrogen) atoms. The van der Waals surface area contributed by atoms with Crippen molar-refractivity contribution >= 4 is 0 Å². The maximum absolute atomic E-state index is 11.0. The Labute approximate surface area is 137 Å². The Morgan fingerprint density at radius 2 is 1.82 bits per heavy atom. The Morgan fingerprint density at radius 3 is 2.41 bits per heavy atom. The molecule has 0 aliphatic heterocycles. The first kappa shape index (κ1) is 18.0. The van der Waals surface area contributed by atoms with Gasteiger partial charge in [0.1, 0.15) is 0 Å². The minimum atomic E-state index is -0.826. The molecule has 0 spiro atoms. The summed E-state index contributed by atoms with van der Waals surface area (Å²) in [6, 6.07) is 0. The zero-order valence-corrected chi connectivity index (χ0v) is 15.3. The first-order valence-electron chi connectivity index (χ1n) is 9.00. The summed E-state index contributed by atoms with van der Waals surface area (Å²) in [4.78, 5) is 0. The van der Waals surface area contributed by atoms with E-state index in [9.17, 15) is 10.2 Å². The second kappa shape index (κ2) is 5.63. The minimum absolute atomic E-state index is 0.203. The Hall–Kier alpha value is -0.340. The van der Waals surface area contributed by atoms with Crippen LogP contribution in [0.1, 0.15) is 79.6 Å². The Bertz CT molecular complexity index is 421. The molecule has 0 aromatic rings. The first-order chi connectivity index (χ1) is 9.92. The van der Waals surface area contributed by atoms with Crippen LogP contribution in [0.3, 0.4) is 0 Å². The number of rotatable bonds is 4. The normalized spacial score (nSPS) is 44.0. The van der Waals surface area contributed by atoms with Crippen LogP contribution in [0.25, 0.3) is 0 Å². The summed E-state index contributed by atoms with van der Waals surface area (Å²) in [6.45, 7) is 14.7. The van der Waals surface area contributed by atoms with E-state index in [4.69, 9.17) is 0 Å². The van der Waals surface area contributed by atoms with Crippen LogP contribution in [-0.2, 0) is 0 Å². The highest BCUT2D eigenvalue weighted by Gasteiger charge is 2.55. The van der Waals surface area contributed by atoms with Crippen molar-refractivity contribution in [3.05, 3.63) is 12.7 Å². The van der Waals surface area contributed by atoms with Crippen LogP contribution in [0.2, 0.25) is 0 Å². The lowest BCUT2D eigenvalue weighted by atomic mass is 9.47. The molecule has 0 unspecified atom stereocenters. The first-order valence-corrected chi connectivity index (χ1v) is 9.00. The lowest BCUT2D eigenvalue weighted by Crippen LogP contribution is -2.55. The molecule has 0 radical (unpaired) electrons. The average Bonchev–Trinajstić information content (AvgIpc) is 2.39. The summed E-state index contributed by atoms with van der Waals surface area (Å²) < 4.78 is 0. The van der Waals surface area contributed by atoms with Gasteiger partial charge in [0, 0.05) is 0 Å². The van der Waals surface area contributed by atoms with Crippen LogP contribution in [0.5, 0.6) is 0 Å². The van der Waals surface area contributed by atoms with Gasteiger partial charge in [-0.2, -0.15) is 0 Å². The van der Waals surface area contributed by atoms with Gasteiger partial charge in [0.2, 0.25) is 0 Å². The second-order valence-electron chi connectivity index (χ2n) is 9.62. The molecule has 0 aromatic heterocycles. The summed E-state index contributed by atoms with van der Waals surface area (Å²) in [5.74, 6) is 0.969. The fourth-order valence-corrected chi connectivity index (χ4v) is 5.23. The van der Waals surface area contributed by atoms with E-state index in [2.05, 4.69) is 27.4 Å². The van der Waals surface area contributed by atoms with Crippen molar-refractivity contribution in [3.8, 4) is 0 Å². The molecular weight excluding hydrogens is 272 g/mol. The fraction of sp³-hybridized carbons (Fsp3) is 0.900. The summed E-state index contributed by atoms with van der Waals surface area (Å²) >= 11 is 0. The van der Waals surface area contributed by atoms with Gasteiger partial charge in [0.05, 0.1) is 11.2 Å². The molecule has 2 fully saturated rings. The highest BCUT2D eigenvalue weighted by Crippen LogP contribution is 2.61. The fourth-order valence-electron chi connectivity index (χ4n) is 5.23. The second-order valence-corrected chi connectivity index (χ2v) is 9.62. The van der Waals surface area contributed by atoms with Gasteiger partial charge in [0.25, 0.3) is 0 Å². The van der Waals surface area contributed by atoms with Crippen molar-refractivity contribution in [2.45, 2.75) is 90.8 Å². The van der Waals surface area contributed by atoms with E-state index in [0.717, 1.165) is 19.3 Å². The molecule has 2 saturated carbocycles. The standard InChI is InChI=1S/C20H36O2/c1-7-18(4,21)10-9-16-19(5)13-12-17(2,3)14-15(19)8-11-20(16,6)22/h7,15-16,21-22H,1,8-14H2,2-6H3/t15-,16+,18-,19-,20+/m0/s1. The molecule has 0 heterocycles. The minimum Gasteiger partial charge on any atom is -0.390 e. The van der Waals surface area contributed by atoms with E-state index >= 15 is 0 Å². The number of hydrogen-bond donors (Lipinski definition) is 2. The molecule has 0 amide bonds. The highest BCUT2D eigenvalue weighted by atomic mass is 16.3. The van der Waals surface area contributed by atoms with Crippen molar-refractivity contribution in [2.75, 3.05) is 0 Å². The molecule has 2 aliphatic carbocycles. The van der Waals surface area contributed by atoms with Gasteiger partial charge in [-0.1, -0.05) is 26.8 Å². The van der Waals surface area contributed by atoms with E-state index in [1.807, 2.05) is 13.8 Å². The largest absolute Gasteiger partial charge is 0.390 e. The van der Waals surface area contributed by atoms with Gasteiger partial charge in [-0.05, 0) is 81.5 Å². The topological polar surface area (TPSA) is 40.5 Å². The number of hydrogen-bond acceptors (Lipinski definition) is 2. The highest BCUT2D eigenvalue weighted by molar-refractivity contribution is 5.06. The summed E-state index contributed by atoms with van der Waals surface area (Å²) in [5.41, 5.74) is -0.795. The molecule has 2 nitrogen and oxygen atoms in total. The van der Waals surface area contributed by atoms with Gasteiger partial charge in [-0.25, -0.2) is 0 Å². The van der Waals surface area contributed by atoms with Crippen molar-refractivity contribution in [1.82, 2.24) is 0 Å². The van der Waals surface area contributed by atoms with E-state index in [-0.39, 0.29) is 11.3 Å². The quantitative estimate of drug-likeness (QED) is 0.739. The predicted octanol–water partition coefficient (Wildman–Crippen LogP) is 4.70. The van der Waals surface area contributed by atoms with Gasteiger partial charge in [0.15, 0.2) is 0 Å². The molecule has 2 heteroatoms. The predicted molar refractivity (Wildman–Crippen MR) is 92.6 cm³/mol. The molecule has 2 aliphatic rings. The van der Waals surface area contributed by atoms with E-state index in [0.29, 0.717) is 17.8 Å². The van der Waals surface area contributed by atoms with Gasteiger partial charge >= 0.3 is 0 Å². The summed E-state index contributed by atoms with van der Waals surface area (Å²) in [7, 11) is 0. The van der Waals surface area contributed by atoms with E-state index in [1.165, 1.54) is 19.3 Å². The summed E-state index contributed by atoms with van der Waals surface area (Å²) in [6.07, 6.45) is 8.93. The summed E-state index contributed by atoms with van der Waals surface area (Å²) in [5, 5.41) is 21.3. The van der Waals surface area contributed by atoms with Crippen LogP contribution in [0, 0.1) is 22.7 Å². The Balaban J connectivity index is 2.21. The SMILES string of the molecule is C=C[C@](C)(O)CC[C@@H]1[C@@]2(C)CCC(C)(C)C[C@@H]2CC[C@@]1(C)O. The molecule has 2 N–H and O–H groups in total. The maximum atomic E-state index is 11.0. The van der Waals surface area contributed by atoms with Crippen molar-refractivity contribution in [2.24, 2.45) is 22.7 Å². The third kappa shape index (κ3) is 3.43. The van der Waals surface area contributed by atoms with Crippen molar-refractivity contribution in [3.63, 3.8) is 0 Å². The van der Waals surface area contributed by atoms with Crippen LogP contribution >= 0.6 is 0 Å². The molecule has 0 bridgehead atoms. The van der Waals surface area contributed by atoms with Gasteiger partial charge in [-0.15, -0.1) is 6.58 Å². The van der Waals surface area contributed by atoms with Crippen molar-refractivity contribution in [1.29, 1.82) is 0 Å².